The van der Waals surface area contributed by atoms with Crippen LogP contribution < -0.4 is 5.32 Å². The topological polar surface area (TPSA) is 61.9 Å². The van der Waals surface area contributed by atoms with Gasteiger partial charge < -0.3 is 19.9 Å². The molecule has 3 aliphatic rings. The van der Waals surface area contributed by atoms with E-state index in [1.54, 1.807) is 12.1 Å². The number of benzene rings is 1. The first-order valence-corrected chi connectivity index (χ1v) is 10.7. The number of piperidine rings is 1. The Hall–Kier alpha value is -1.99. The van der Waals surface area contributed by atoms with Crippen LogP contribution in [0.3, 0.4) is 0 Å². The fourth-order valence-electron chi connectivity index (χ4n) is 4.51. The second kappa shape index (κ2) is 9.22. The number of nitrogens with one attached hydrogen (secondary N) is 1. The monoisotopic (exact) mass is 403 g/mol. The van der Waals surface area contributed by atoms with E-state index < -0.39 is 0 Å². The Labute approximate surface area is 171 Å². The van der Waals surface area contributed by atoms with Gasteiger partial charge in [0.1, 0.15) is 12.4 Å². The second-order valence-corrected chi connectivity index (χ2v) is 8.44. The zero-order valence-electron chi connectivity index (χ0n) is 16.8. The molecule has 0 spiro atoms. The predicted molar refractivity (Wildman–Crippen MR) is 107 cm³/mol. The van der Waals surface area contributed by atoms with Gasteiger partial charge in [-0.15, -0.1) is 0 Å². The normalized spacial score (nSPS) is 24.4. The van der Waals surface area contributed by atoms with E-state index in [9.17, 15) is 14.0 Å². The molecular weight excluding hydrogens is 373 g/mol. The van der Waals surface area contributed by atoms with E-state index in [1.165, 1.54) is 31.4 Å². The lowest BCUT2D eigenvalue weighted by atomic mass is 9.89. The number of morpholine rings is 1. The SMILES string of the molecule is O=C(Cc1ccc(F)cc1)NC[C@H]1CN(C2CCN(C3CCC3)CC2)C(=O)CO1. The number of nitrogens with zero attached hydrogens (tertiary/aromatic N) is 2. The summed E-state index contributed by atoms with van der Waals surface area (Å²) in [7, 11) is 0. The lowest BCUT2D eigenvalue weighted by molar-refractivity contribution is -0.153. The highest BCUT2D eigenvalue weighted by Crippen LogP contribution is 2.29. The standard InChI is InChI=1S/C22H30FN3O3/c23-17-6-4-16(5-7-17)12-21(27)24-13-20-14-26(22(28)15-29-20)19-8-10-25(11-9-19)18-2-1-3-18/h4-7,18-20H,1-3,8-15H2,(H,24,27)/t20-/m0/s1. The number of hydrogen-bond donors (Lipinski definition) is 1. The lowest BCUT2D eigenvalue weighted by Gasteiger charge is -2.45. The van der Waals surface area contributed by atoms with Gasteiger partial charge in [0.15, 0.2) is 0 Å². The third-order valence-corrected chi connectivity index (χ3v) is 6.50. The van der Waals surface area contributed by atoms with Crippen LogP contribution in [0, 0.1) is 5.82 Å². The molecule has 2 saturated heterocycles. The zero-order valence-corrected chi connectivity index (χ0v) is 16.8. The number of ether oxygens (including phenoxy) is 1. The second-order valence-electron chi connectivity index (χ2n) is 8.44. The first-order chi connectivity index (χ1) is 14.1. The number of rotatable bonds is 6. The molecule has 1 N–H and O–H groups in total. The summed E-state index contributed by atoms with van der Waals surface area (Å²) in [6, 6.07) is 6.98. The fourth-order valence-corrected chi connectivity index (χ4v) is 4.51. The van der Waals surface area contributed by atoms with Gasteiger partial charge in [0, 0.05) is 38.3 Å². The van der Waals surface area contributed by atoms with Gasteiger partial charge in [-0.3, -0.25) is 9.59 Å². The molecule has 158 valence electrons. The van der Waals surface area contributed by atoms with Crippen LogP contribution in [-0.2, 0) is 20.7 Å². The van der Waals surface area contributed by atoms with Gasteiger partial charge in [-0.05, 0) is 43.4 Å². The summed E-state index contributed by atoms with van der Waals surface area (Å²) in [5, 5.41) is 2.89. The van der Waals surface area contributed by atoms with Gasteiger partial charge in [0.2, 0.25) is 11.8 Å². The molecule has 1 aromatic rings. The third-order valence-electron chi connectivity index (χ3n) is 6.50. The van der Waals surface area contributed by atoms with Crippen molar-refractivity contribution in [1.29, 1.82) is 0 Å². The summed E-state index contributed by atoms with van der Waals surface area (Å²) in [5.74, 6) is -0.383. The quantitative estimate of drug-likeness (QED) is 0.786. The highest BCUT2D eigenvalue weighted by molar-refractivity contribution is 5.79. The smallest absolute Gasteiger partial charge is 0.248 e. The molecule has 1 aliphatic carbocycles. The molecule has 6 nitrogen and oxygen atoms in total. The van der Waals surface area contributed by atoms with Gasteiger partial charge in [-0.1, -0.05) is 18.6 Å². The molecule has 4 rings (SSSR count). The minimum absolute atomic E-state index is 0.0565. The molecule has 29 heavy (non-hydrogen) atoms. The van der Waals surface area contributed by atoms with Crippen molar-refractivity contribution in [3.63, 3.8) is 0 Å². The Morgan fingerprint density at radius 1 is 1.10 bits per heavy atom. The van der Waals surface area contributed by atoms with Crippen LogP contribution in [0.15, 0.2) is 24.3 Å². The van der Waals surface area contributed by atoms with E-state index >= 15 is 0 Å². The highest BCUT2D eigenvalue weighted by atomic mass is 19.1. The summed E-state index contributed by atoms with van der Waals surface area (Å²) >= 11 is 0. The number of amides is 2. The Balaban J connectivity index is 1.22. The van der Waals surface area contributed by atoms with E-state index in [-0.39, 0.29) is 42.8 Å². The molecule has 2 heterocycles. The van der Waals surface area contributed by atoms with Gasteiger partial charge in [-0.25, -0.2) is 4.39 Å². The van der Waals surface area contributed by atoms with Crippen LogP contribution >= 0.6 is 0 Å². The average Bonchev–Trinajstić information content (AvgIpc) is 2.68. The number of carbonyl (C=O) groups is 2. The molecule has 3 fully saturated rings. The number of hydrogen-bond acceptors (Lipinski definition) is 4. The molecule has 0 aromatic heterocycles. The third kappa shape index (κ3) is 5.14. The summed E-state index contributed by atoms with van der Waals surface area (Å²) in [6.07, 6.45) is 6.05. The maximum Gasteiger partial charge on any atom is 0.248 e. The van der Waals surface area contributed by atoms with Crippen LogP contribution in [0.25, 0.3) is 0 Å². The summed E-state index contributed by atoms with van der Waals surface area (Å²) < 4.78 is 18.6. The van der Waals surface area contributed by atoms with E-state index in [1.807, 2.05) is 4.90 Å². The molecule has 0 unspecified atom stereocenters. The van der Waals surface area contributed by atoms with Crippen LogP contribution in [0.5, 0.6) is 0 Å². The minimum Gasteiger partial charge on any atom is -0.365 e. The van der Waals surface area contributed by atoms with Gasteiger partial charge in [0.25, 0.3) is 0 Å². The summed E-state index contributed by atoms with van der Waals surface area (Å²) in [6.45, 7) is 3.13. The van der Waals surface area contributed by atoms with Gasteiger partial charge in [-0.2, -0.15) is 0 Å². The Morgan fingerprint density at radius 2 is 1.83 bits per heavy atom. The largest absolute Gasteiger partial charge is 0.365 e. The average molecular weight is 403 g/mol. The Kier molecular flexibility index (Phi) is 6.45. The van der Waals surface area contributed by atoms with Crippen LogP contribution in [0.2, 0.25) is 0 Å². The molecule has 2 amide bonds. The predicted octanol–water partition coefficient (Wildman–Crippen LogP) is 1.73. The van der Waals surface area contributed by atoms with Crippen molar-refractivity contribution in [3.8, 4) is 0 Å². The van der Waals surface area contributed by atoms with Crippen molar-refractivity contribution < 1.29 is 18.7 Å². The van der Waals surface area contributed by atoms with Crippen molar-refractivity contribution in [2.24, 2.45) is 0 Å². The van der Waals surface area contributed by atoms with Crippen molar-refractivity contribution in [2.45, 2.75) is 56.7 Å². The van der Waals surface area contributed by atoms with Crippen LogP contribution in [0.4, 0.5) is 4.39 Å². The molecule has 0 radical (unpaired) electrons. The molecular formula is C22H30FN3O3. The maximum atomic E-state index is 13.0. The Morgan fingerprint density at radius 3 is 2.48 bits per heavy atom. The van der Waals surface area contributed by atoms with Crippen molar-refractivity contribution in [3.05, 3.63) is 35.6 Å². The van der Waals surface area contributed by atoms with E-state index in [0.29, 0.717) is 13.1 Å². The van der Waals surface area contributed by atoms with E-state index in [4.69, 9.17) is 4.74 Å². The minimum atomic E-state index is -0.312. The molecule has 1 saturated carbocycles. The highest BCUT2D eigenvalue weighted by Gasteiger charge is 2.35. The summed E-state index contributed by atoms with van der Waals surface area (Å²) in [4.78, 5) is 29.1. The molecule has 7 heteroatoms. The molecule has 1 atom stereocenters. The summed E-state index contributed by atoms with van der Waals surface area (Å²) in [5.41, 5.74) is 0.767. The van der Waals surface area contributed by atoms with Gasteiger partial charge >= 0.3 is 0 Å². The van der Waals surface area contributed by atoms with Crippen molar-refractivity contribution in [1.82, 2.24) is 15.1 Å². The van der Waals surface area contributed by atoms with Crippen LogP contribution in [-0.4, -0.2) is 72.6 Å². The van der Waals surface area contributed by atoms with Crippen molar-refractivity contribution >= 4 is 11.8 Å². The van der Waals surface area contributed by atoms with Crippen LogP contribution in [0.1, 0.15) is 37.7 Å². The molecule has 2 aliphatic heterocycles. The van der Waals surface area contributed by atoms with E-state index in [0.717, 1.165) is 37.5 Å². The number of likely N-dealkylation sites (tertiary alicyclic amines) is 1. The van der Waals surface area contributed by atoms with E-state index in [2.05, 4.69) is 10.2 Å². The first-order valence-electron chi connectivity index (χ1n) is 10.7. The molecule has 0 bridgehead atoms. The zero-order chi connectivity index (χ0) is 20.2. The number of halogens is 1. The molecule has 1 aromatic carbocycles. The van der Waals surface area contributed by atoms with Crippen molar-refractivity contribution in [2.75, 3.05) is 32.8 Å². The maximum absolute atomic E-state index is 13.0. The first kappa shape index (κ1) is 20.3. The lowest BCUT2D eigenvalue weighted by Crippen LogP contribution is -2.57. The Bertz CT molecular complexity index is 715. The number of carbonyl (C=O) groups excluding carboxylic acids is 2. The fraction of sp³-hybridized carbons (Fsp3) is 0.636. The van der Waals surface area contributed by atoms with Gasteiger partial charge in [0.05, 0.1) is 12.5 Å².